The maximum Gasteiger partial charge on any atom is 0.170 e. The zero-order valence-corrected chi connectivity index (χ0v) is 16.8. The lowest BCUT2D eigenvalue weighted by Crippen LogP contribution is -2.38. The molecule has 148 valence electrons. The van der Waals surface area contributed by atoms with Gasteiger partial charge in [-0.15, -0.1) is 0 Å². The summed E-state index contributed by atoms with van der Waals surface area (Å²) in [7, 11) is 0. The molecule has 0 atom stereocenters. The summed E-state index contributed by atoms with van der Waals surface area (Å²) in [5, 5.41) is 6.04. The van der Waals surface area contributed by atoms with Gasteiger partial charge >= 0.3 is 0 Å². The van der Waals surface area contributed by atoms with Gasteiger partial charge in [-0.05, 0) is 56.5 Å². The van der Waals surface area contributed by atoms with E-state index >= 15 is 0 Å². The molecule has 1 aliphatic heterocycles. The van der Waals surface area contributed by atoms with Gasteiger partial charge in [0.2, 0.25) is 0 Å². The first kappa shape index (κ1) is 19.5. The van der Waals surface area contributed by atoms with E-state index in [0.29, 0.717) is 15.6 Å². The molecule has 0 bridgehead atoms. The quantitative estimate of drug-likeness (QED) is 0.506. The summed E-state index contributed by atoms with van der Waals surface area (Å²) >= 11 is 12.0. The summed E-state index contributed by atoms with van der Waals surface area (Å²) in [6.07, 6.45) is 3.96. The van der Waals surface area contributed by atoms with E-state index in [9.17, 15) is 4.39 Å². The van der Waals surface area contributed by atoms with Crippen LogP contribution in [0.25, 0.3) is 11.0 Å². The fourth-order valence-corrected chi connectivity index (χ4v) is 3.90. The predicted molar refractivity (Wildman–Crippen MR) is 109 cm³/mol. The molecule has 0 radical (unpaired) electrons. The maximum absolute atomic E-state index is 13.2. The van der Waals surface area contributed by atoms with Crippen LogP contribution in [0.4, 0.5) is 4.39 Å². The molecule has 1 aromatic heterocycles. The van der Waals surface area contributed by atoms with Crippen LogP contribution < -0.4 is 4.74 Å². The lowest BCUT2D eigenvalue weighted by Gasteiger charge is -2.32. The number of rotatable bonds is 6. The third kappa shape index (κ3) is 4.59. The van der Waals surface area contributed by atoms with E-state index in [0.717, 1.165) is 62.1 Å². The Kier molecular flexibility index (Phi) is 6.04. The number of fused-ring (bicyclic) bond motifs is 1. The number of ether oxygens (including phenoxy) is 1. The number of aryl methyl sites for hydroxylation is 1. The summed E-state index contributed by atoms with van der Waals surface area (Å²) in [5.74, 6) is 0.461. The average molecular weight is 423 g/mol. The monoisotopic (exact) mass is 422 g/mol. The van der Waals surface area contributed by atoms with E-state index in [2.05, 4.69) is 10.1 Å². The second-order valence-electron chi connectivity index (χ2n) is 7.11. The molecule has 4 nitrogen and oxygen atoms in total. The molecule has 1 aliphatic rings. The molecule has 2 heterocycles. The second kappa shape index (κ2) is 8.68. The molecule has 1 saturated heterocycles. The van der Waals surface area contributed by atoms with Crippen LogP contribution in [0.1, 0.15) is 25.0 Å². The number of piperidine rings is 1. The highest BCUT2D eigenvalue weighted by atomic mass is 35.5. The number of halogens is 3. The van der Waals surface area contributed by atoms with E-state index in [4.69, 9.17) is 32.5 Å². The Morgan fingerprint density at radius 2 is 1.93 bits per heavy atom. The van der Waals surface area contributed by atoms with Crippen molar-refractivity contribution < 1.29 is 13.7 Å². The molecule has 7 heteroatoms. The summed E-state index contributed by atoms with van der Waals surface area (Å²) in [5.41, 5.74) is 1.41. The van der Waals surface area contributed by atoms with Crippen molar-refractivity contribution in [1.29, 1.82) is 0 Å². The maximum atomic E-state index is 13.2. The Bertz CT molecular complexity index is 955. The number of benzene rings is 2. The predicted octanol–water partition coefficient (Wildman–Crippen LogP) is 5.75. The Hall–Kier alpha value is -1.82. The molecule has 1 fully saturated rings. The van der Waals surface area contributed by atoms with Crippen molar-refractivity contribution in [2.75, 3.05) is 19.6 Å². The van der Waals surface area contributed by atoms with Crippen LogP contribution in [0.2, 0.25) is 10.0 Å². The Morgan fingerprint density at radius 3 is 2.71 bits per heavy atom. The van der Waals surface area contributed by atoms with Gasteiger partial charge in [0, 0.05) is 30.6 Å². The van der Waals surface area contributed by atoms with Crippen LogP contribution in [-0.4, -0.2) is 35.8 Å². The molecular formula is C21H21Cl2FN2O2. The van der Waals surface area contributed by atoms with Gasteiger partial charge in [0.15, 0.2) is 5.58 Å². The van der Waals surface area contributed by atoms with E-state index in [-0.39, 0.29) is 11.9 Å². The minimum atomic E-state index is -0.304. The molecule has 28 heavy (non-hydrogen) atoms. The standard InChI is InChI=1S/C21H21Cl2FN2O2/c22-18-6-4-16(13-19(18)23)27-15-7-10-26(11-8-15)9-1-2-20-17-5-3-14(24)12-21(17)28-25-20/h3-6,12-13,15H,1-2,7-11H2. The van der Waals surface area contributed by atoms with Crippen molar-refractivity contribution in [3.8, 4) is 5.75 Å². The van der Waals surface area contributed by atoms with E-state index in [1.54, 1.807) is 18.2 Å². The topological polar surface area (TPSA) is 38.5 Å². The highest BCUT2D eigenvalue weighted by Crippen LogP contribution is 2.28. The number of aromatic nitrogens is 1. The molecule has 0 saturated carbocycles. The highest BCUT2D eigenvalue weighted by molar-refractivity contribution is 6.42. The zero-order valence-electron chi connectivity index (χ0n) is 15.3. The summed E-state index contributed by atoms with van der Waals surface area (Å²) in [6, 6.07) is 9.95. The molecular weight excluding hydrogens is 402 g/mol. The van der Waals surface area contributed by atoms with Crippen LogP contribution in [0, 0.1) is 5.82 Å². The first-order chi connectivity index (χ1) is 13.6. The summed E-state index contributed by atoms with van der Waals surface area (Å²) in [6.45, 7) is 2.99. The molecule has 0 unspecified atom stereocenters. The van der Waals surface area contributed by atoms with E-state index in [1.807, 2.05) is 6.07 Å². The van der Waals surface area contributed by atoms with Crippen molar-refractivity contribution in [2.24, 2.45) is 0 Å². The minimum absolute atomic E-state index is 0.197. The van der Waals surface area contributed by atoms with Gasteiger partial charge in [-0.3, -0.25) is 0 Å². The number of hydrogen-bond acceptors (Lipinski definition) is 4. The molecule has 2 aromatic carbocycles. The summed E-state index contributed by atoms with van der Waals surface area (Å²) in [4.78, 5) is 2.44. The normalized spacial score (nSPS) is 16.0. The van der Waals surface area contributed by atoms with Crippen molar-refractivity contribution in [2.45, 2.75) is 31.8 Å². The zero-order chi connectivity index (χ0) is 19.5. The van der Waals surface area contributed by atoms with Gasteiger partial charge in [-0.1, -0.05) is 28.4 Å². The second-order valence-corrected chi connectivity index (χ2v) is 7.92. The third-order valence-electron chi connectivity index (χ3n) is 5.13. The SMILES string of the molecule is Fc1ccc2c(CCCN3CCC(Oc4ccc(Cl)c(Cl)c4)CC3)noc2c1. The molecule has 0 spiro atoms. The fraction of sp³-hybridized carbons (Fsp3) is 0.381. The van der Waals surface area contributed by atoms with Crippen molar-refractivity contribution in [3.05, 3.63) is 58.0 Å². The minimum Gasteiger partial charge on any atom is -0.490 e. The molecule has 3 aromatic rings. The number of hydrogen-bond donors (Lipinski definition) is 0. The molecule has 0 aliphatic carbocycles. The lowest BCUT2D eigenvalue weighted by molar-refractivity contribution is 0.0999. The highest BCUT2D eigenvalue weighted by Gasteiger charge is 2.20. The first-order valence-corrected chi connectivity index (χ1v) is 10.2. The van der Waals surface area contributed by atoms with Crippen molar-refractivity contribution in [1.82, 2.24) is 10.1 Å². The van der Waals surface area contributed by atoms with Crippen LogP contribution in [0.5, 0.6) is 5.75 Å². The van der Waals surface area contributed by atoms with Crippen LogP contribution in [-0.2, 0) is 6.42 Å². The van der Waals surface area contributed by atoms with Gasteiger partial charge in [0.05, 0.1) is 15.7 Å². The van der Waals surface area contributed by atoms with Crippen LogP contribution in [0.15, 0.2) is 40.9 Å². The van der Waals surface area contributed by atoms with Crippen molar-refractivity contribution >= 4 is 34.2 Å². The Labute approximate surface area is 173 Å². The van der Waals surface area contributed by atoms with Crippen LogP contribution >= 0.6 is 23.2 Å². The number of likely N-dealkylation sites (tertiary alicyclic amines) is 1. The Morgan fingerprint density at radius 1 is 1.11 bits per heavy atom. The molecule has 0 N–H and O–H groups in total. The third-order valence-corrected chi connectivity index (χ3v) is 5.86. The first-order valence-electron chi connectivity index (χ1n) is 9.46. The van der Waals surface area contributed by atoms with Crippen molar-refractivity contribution in [3.63, 3.8) is 0 Å². The van der Waals surface area contributed by atoms with Gasteiger partial charge < -0.3 is 14.2 Å². The van der Waals surface area contributed by atoms with Gasteiger partial charge in [0.25, 0.3) is 0 Å². The summed E-state index contributed by atoms with van der Waals surface area (Å²) < 4.78 is 24.5. The largest absolute Gasteiger partial charge is 0.490 e. The molecule has 0 amide bonds. The van der Waals surface area contributed by atoms with E-state index < -0.39 is 0 Å². The van der Waals surface area contributed by atoms with Crippen LogP contribution in [0.3, 0.4) is 0 Å². The average Bonchev–Trinajstić information content (AvgIpc) is 3.08. The number of nitrogens with zero attached hydrogens (tertiary/aromatic N) is 2. The van der Waals surface area contributed by atoms with Gasteiger partial charge in [-0.25, -0.2) is 4.39 Å². The van der Waals surface area contributed by atoms with E-state index in [1.165, 1.54) is 12.1 Å². The van der Waals surface area contributed by atoms with Gasteiger partial charge in [-0.2, -0.15) is 0 Å². The fourth-order valence-electron chi connectivity index (χ4n) is 3.61. The molecule has 4 rings (SSSR count). The Balaban J connectivity index is 1.22. The smallest absolute Gasteiger partial charge is 0.170 e. The lowest BCUT2D eigenvalue weighted by atomic mass is 10.1. The van der Waals surface area contributed by atoms with Gasteiger partial charge in [0.1, 0.15) is 17.7 Å².